The molecule has 1 heterocycles. The van der Waals surface area contributed by atoms with Crippen LogP contribution in [-0.2, 0) is 38.7 Å². The van der Waals surface area contributed by atoms with Gasteiger partial charge < -0.3 is 10.2 Å². The molecule has 164 valence electrons. The third kappa shape index (κ3) is 4.55. The number of amides is 2. The zero-order valence-corrected chi connectivity index (χ0v) is 19.8. The van der Waals surface area contributed by atoms with Gasteiger partial charge in [-0.25, -0.2) is 8.42 Å². The van der Waals surface area contributed by atoms with E-state index in [4.69, 9.17) is 0 Å². The van der Waals surface area contributed by atoms with Gasteiger partial charge in [0.1, 0.15) is 0 Å². The lowest BCUT2D eigenvalue weighted by Gasteiger charge is -2.19. The van der Waals surface area contributed by atoms with Crippen LogP contribution in [0.2, 0.25) is 0 Å². The van der Waals surface area contributed by atoms with Crippen LogP contribution in [0.25, 0.3) is 0 Å². The van der Waals surface area contributed by atoms with Crippen molar-refractivity contribution in [3.05, 3.63) is 51.5 Å². The number of aryl methyl sites for hydroxylation is 1. The smallest absolute Gasteiger partial charge is 0.225 e. The summed E-state index contributed by atoms with van der Waals surface area (Å²) in [5.74, 6) is -0.731. The fourth-order valence-electron chi connectivity index (χ4n) is 4.40. The molecule has 0 aromatic heterocycles. The van der Waals surface area contributed by atoms with Crippen molar-refractivity contribution in [2.75, 3.05) is 22.5 Å². The lowest BCUT2D eigenvalue weighted by molar-refractivity contribution is -0.117. The minimum atomic E-state index is -3.71. The highest BCUT2D eigenvalue weighted by atomic mass is 79.9. The number of nitrogens with zero attached hydrogens (tertiary/aromatic N) is 1. The minimum absolute atomic E-state index is 0.115. The molecule has 2 amide bonds. The van der Waals surface area contributed by atoms with E-state index in [0.29, 0.717) is 23.1 Å². The number of anilines is 2. The van der Waals surface area contributed by atoms with Gasteiger partial charge in [-0.3, -0.25) is 9.59 Å². The number of nitrogens with one attached hydrogen (secondary N) is 1. The van der Waals surface area contributed by atoms with Gasteiger partial charge in [0, 0.05) is 35.7 Å². The Morgan fingerprint density at radius 2 is 1.87 bits per heavy atom. The van der Waals surface area contributed by atoms with Crippen LogP contribution >= 0.6 is 15.9 Å². The van der Waals surface area contributed by atoms with Crippen LogP contribution in [0.5, 0.6) is 0 Å². The van der Waals surface area contributed by atoms with E-state index in [1.807, 2.05) is 12.1 Å². The Bertz CT molecular complexity index is 1160. The maximum atomic E-state index is 13.0. The third-order valence-electron chi connectivity index (χ3n) is 6.01. The summed E-state index contributed by atoms with van der Waals surface area (Å²) in [7, 11) is -3.71. The van der Waals surface area contributed by atoms with Crippen LogP contribution in [0.4, 0.5) is 11.4 Å². The summed E-state index contributed by atoms with van der Waals surface area (Å²) in [6.07, 6.45) is 4.75. The number of fused-ring (bicyclic) bond motifs is 2. The van der Waals surface area contributed by atoms with Crippen LogP contribution in [0.15, 0.2) is 39.7 Å². The van der Waals surface area contributed by atoms with E-state index in [1.165, 1.54) is 12.5 Å². The molecule has 1 aliphatic heterocycles. The van der Waals surface area contributed by atoms with Gasteiger partial charge in [0.15, 0.2) is 9.84 Å². The second-order valence-corrected chi connectivity index (χ2v) is 11.0. The van der Waals surface area contributed by atoms with Crippen LogP contribution < -0.4 is 10.2 Å². The van der Waals surface area contributed by atoms with Gasteiger partial charge in [-0.15, -0.1) is 0 Å². The van der Waals surface area contributed by atoms with Crippen molar-refractivity contribution in [3.63, 3.8) is 0 Å². The van der Waals surface area contributed by atoms with Crippen LogP contribution in [0, 0.1) is 0 Å². The van der Waals surface area contributed by atoms with Crippen LogP contribution in [0.1, 0.15) is 42.9 Å². The molecule has 0 unspecified atom stereocenters. The second kappa shape index (κ2) is 8.74. The Kier molecular flexibility index (Phi) is 6.21. The van der Waals surface area contributed by atoms with E-state index in [0.717, 1.165) is 42.5 Å². The van der Waals surface area contributed by atoms with E-state index in [9.17, 15) is 18.0 Å². The predicted molar refractivity (Wildman–Crippen MR) is 124 cm³/mol. The highest BCUT2D eigenvalue weighted by molar-refractivity contribution is 9.10. The van der Waals surface area contributed by atoms with E-state index in [1.54, 1.807) is 17.0 Å². The maximum absolute atomic E-state index is 13.0. The van der Waals surface area contributed by atoms with E-state index in [2.05, 4.69) is 27.3 Å². The van der Waals surface area contributed by atoms with Crippen molar-refractivity contribution < 1.29 is 18.0 Å². The number of rotatable bonds is 5. The van der Waals surface area contributed by atoms with Crippen molar-refractivity contribution in [2.24, 2.45) is 0 Å². The Hall–Kier alpha value is -2.19. The van der Waals surface area contributed by atoms with Crippen molar-refractivity contribution in [2.45, 2.75) is 50.3 Å². The van der Waals surface area contributed by atoms with Gasteiger partial charge in [0.25, 0.3) is 0 Å². The lowest BCUT2D eigenvalue weighted by Crippen LogP contribution is -2.26. The molecule has 0 saturated heterocycles. The van der Waals surface area contributed by atoms with Gasteiger partial charge in [0.05, 0.1) is 10.6 Å². The summed E-state index contributed by atoms with van der Waals surface area (Å²) in [5, 5.41) is 2.90. The van der Waals surface area contributed by atoms with Gasteiger partial charge in [0.2, 0.25) is 11.8 Å². The minimum Gasteiger partial charge on any atom is -0.326 e. The topological polar surface area (TPSA) is 83.6 Å². The number of hydrogen-bond acceptors (Lipinski definition) is 4. The average molecular weight is 505 g/mol. The number of halogens is 1. The first-order valence-corrected chi connectivity index (χ1v) is 12.9. The molecule has 0 spiro atoms. The molecule has 0 radical (unpaired) electrons. The van der Waals surface area contributed by atoms with E-state index >= 15 is 0 Å². The molecule has 31 heavy (non-hydrogen) atoms. The fraction of sp³-hybridized carbons (Fsp3) is 0.391. The van der Waals surface area contributed by atoms with Gasteiger partial charge in [-0.1, -0.05) is 12.1 Å². The quantitative estimate of drug-likeness (QED) is 0.665. The monoisotopic (exact) mass is 504 g/mol. The first-order chi connectivity index (χ1) is 14.8. The van der Waals surface area contributed by atoms with Gasteiger partial charge in [-0.05, 0) is 82.9 Å². The number of sulfone groups is 1. The molecule has 0 bridgehead atoms. The SMILES string of the molecule is CC(=O)N1CCc2cc(Br)c(S(=O)(=O)CCC(=O)Nc3cccc4c3CCCC4)cc21. The molecule has 0 saturated carbocycles. The summed E-state index contributed by atoms with van der Waals surface area (Å²) in [6.45, 7) is 2.02. The highest BCUT2D eigenvalue weighted by Crippen LogP contribution is 2.36. The van der Waals surface area contributed by atoms with Crippen molar-refractivity contribution >= 4 is 49.0 Å². The molecule has 2 aromatic rings. The standard InChI is InChI=1S/C23H25BrN2O4S/c1-15(27)26-11-9-17-13-19(24)22(14-21(17)26)31(29,30)12-10-23(28)25-20-8-4-6-16-5-2-3-7-18(16)20/h4,6,8,13-14H,2-3,5,7,9-12H2,1H3,(H,25,28). The summed E-state index contributed by atoms with van der Waals surface area (Å²) in [4.78, 5) is 26.1. The molecule has 2 aromatic carbocycles. The molecule has 1 N–H and O–H groups in total. The zero-order valence-electron chi connectivity index (χ0n) is 17.4. The first-order valence-electron chi connectivity index (χ1n) is 10.5. The summed E-state index contributed by atoms with van der Waals surface area (Å²) >= 11 is 3.36. The van der Waals surface area contributed by atoms with Crippen molar-refractivity contribution in [1.29, 1.82) is 0 Å². The Balaban J connectivity index is 1.48. The highest BCUT2D eigenvalue weighted by Gasteiger charge is 2.28. The third-order valence-corrected chi connectivity index (χ3v) is 8.68. The van der Waals surface area contributed by atoms with E-state index in [-0.39, 0.29) is 28.9 Å². The summed E-state index contributed by atoms with van der Waals surface area (Å²) < 4.78 is 26.5. The summed E-state index contributed by atoms with van der Waals surface area (Å²) in [6, 6.07) is 9.21. The Labute approximate surface area is 191 Å². The van der Waals surface area contributed by atoms with Crippen molar-refractivity contribution in [1.82, 2.24) is 0 Å². The Morgan fingerprint density at radius 3 is 2.65 bits per heavy atom. The second-order valence-electron chi connectivity index (χ2n) is 8.10. The normalized spacial score (nSPS) is 15.4. The number of carbonyl (C=O) groups is 2. The summed E-state index contributed by atoms with van der Waals surface area (Å²) in [5.41, 5.74) is 4.78. The van der Waals surface area contributed by atoms with Crippen LogP contribution in [0.3, 0.4) is 0 Å². The Morgan fingerprint density at radius 1 is 1.10 bits per heavy atom. The molecule has 2 aliphatic rings. The molecule has 8 heteroatoms. The van der Waals surface area contributed by atoms with Crippen LogP contribution in [-0.4, -0.2) is 32.5 Å². The molecule has 0 fully saturated rings. The van der Waals surface area contributed by atoms with E-state index < -0.39 is 9.84 Å². The fourth-order valence-corrected chi connectivity index (χ4v) is 6.85. The number of carbonyl (C=O) groups excluding carboxylic acids is 2. The average Bonchev–Trinajstić information content (AvgIpc) is 3.15. The van der Waals surface area contributed by atoms with Gasteiger partial charge >= 0.3 is 0 Å². The zero-order chi connectivity index (χ0) is 22.2. The molecule has 0 atom stereocenters. The molecular weight excluding hydrogens is 480 g/mol. The van der Waals surface area contributed by atoms with Crippen molar-refractivity contribution in [3.8, 4) is 0 Å². The number of hydrogen-bond donors (Lipinski definition) is 1. The molecule has 6 nitrogen and oxygen atoms in total. The first kappa shape index (κ1) is 22.0. The molecule has 1 aliphatic carbocycles. The number of benzene rings is 2. The molecule has 4 rings (SSSR count). The predicted octanol–water partition coefficient (Wildman–Crippen LogP) is 4.04. The van der Waals surface area contributed by atoms with Gasteiger partial charge in [-0.2, -0.15) is 0 Å². The molecular formula is C23H25BrN2O4S. The maximum Gasteiger partial charge on any atom is 0.225 e. The largest absolute Gasteiger partial charge is 0.326 e. The lowest BCUT2D eigenvalue weighted by atomic mass is 9.90.